The maximum atomic E-state index is 6.13. The highest BCUT2D eigenvalue weighted by atomic mass is 79.9. The summed E-state index contributed by atoms with van der Waals surface area (Å²) in [5, 5.41) is 0. The third-order valence-electron chi connectivity index (χ3n) is 3.94. The van der Waals surface area contributed by atoms with Crippen LogP contribution in [0.25, 0.3) is 0 Å². The SMILES string of the molecule is CC1(C)Cc2cc(Br)cc(C3(CN)CC3)c2O1. The minimum atomic E-state index is -0.0808. The van der Waals surface area contributed by atoms with Gasteiger partial charge < -0.3 is 10.5 Å². The molecule has 2 N–H and O–H groups in total. The summed E-state index contributed by atoms with van der Waals surface area (Å²) < 4.78 is 7.28. The first kappa shape index (κ1) is 11.5. The van der Waals surface area contributed by atoms with Crippen molar-refractivity contribution in [3.05, 3.63) is 27.7 Å². The van der Waals surface area contributed by atoms with E-state index in [2.05, 4.69) is 41.9 Å². The Morgan fingerprint density at radius 3 is 2.65 bits per heavy atom. The lowest BCUT2D eigenvalue weighted by Crippen LogP contribution is -2.26. The van der Waals surface area contributed by atoms with Gasteiger partial charge in [-0.25, -0.2) is 0 Å². The minimum Gasteiger partial charge on any atom is -0.487 e. The van der Waals surface area contributed by atoms with Crippen molar-refractivity contribution in [2.24, 2.45) is 5.73 Å². The molecule has 0 spiro atoms. The van der Waals surface area contributed by atoms with E-state index in [-0.39, 0.29) is 11.0 Å². The lowest BCUT2D eigenvalue weighted by atomic mass is 9.92. The van der Waals surface area contributed by atoms with E-state index in [1.54, 1.807) is 0 Å². The second-order valence-corrected chi connectivity index (χ2v) is 6.88. The summed E-state index contributed by atoms with van der Waals surface area (Å²) in [6.07, 6.45) is 3.36. The molecular weight excluding hydrogens is 278 g/mol. The van der Waals surface area contributed by atoms with Gasteiger partial charge in [-0.1, -0.05) is 15.9 Å². The molecule has 1 fully saturated rings. The van der Waals surface area contributed by atoms with E-state index in [1.165, 1.54) is 24.0 Å². The van der Waals surface area contributed by atoms with Crippen molar-refractivity contribution in [2.45, 2.75) is 44.1 Å². The molecule has 2 nitrogen and oxygen atoms in total. The van der Waals surface area contributed by atoms with Crippen molar-refractivity contribution in [2.75, 3.05) is 6.54 Å². The van der Waals surface area contributed by atoms with Gasteiger partial charge >= 0.3 is 0 Å². The topological polar surface area (TPSA) is 35.2 Å². The van der Waals surface area contributed by atoms with Crippen molar-refractivity contribution in [1.82, 2.24) is 0 Å². The summed E-state index contributed by atoms with van der Waals surface area (Å²) in [5.41, 5.74) is 8.68. The molecule has 3 heteroatoms. The third-order valence-corrected chi connectivity index (χ3v) is 4.40. The maximum Gasteiger partial charge on any atom is 0.127 e. The summed E-state index contributed by atoms with van der Waals surface area (Å²) >= 11 is 3.61. The second-order valence-electron chi connectivity index (χ2n) is 5.96. The third kappa shape index (κ3) is 1.80. The van der Waals surface area contributed by atoms with E-state index in [0.29, 0.717) is 0 Å². The predicted molar refractivity (Wildman–Crippen MR) is 72.5 cm³/mol. The zero-order chi connectivity index (χ0) is 12.3. The highest BCUT2D eigenvalue weighted by Crippen LogP contribution is 2.54. The van der Waals surface area contributed by atoms with Gasteiger partial charge in [-0.3, -0.25) is 0 Å². The van der Waals surface area contributed by atoms with E-state index in [4.69, 9.17) is 10.5 Å². The minimum absolute atomic E-state index is 0.0808. The number of nitrogens with two attached hydrogens (primary N) is 1. The van der Waals surface area contributed by atoms with Gasteiger partial charge in [0.1, 0.15) is 11.4 Å². The molecule has 0 amide bonds. The number of benzene rings is 1. The lowest BCUT2D eigenvalue weighted by molar-refractivity contribution is 0.136. The Kier molecular flexibility index (Phi) is 2.37. The predicted octanol–water partition coefficient (Wildman–Crippen LogP) is 3.15. The molecule has 3 rings (SSSR count). The van der Waals surface area contributed by atoms with Crippen LogP contribution in [0.4, 0.5) is 0 Å². The zero-order valence-electron chi connectivity index (χ0n) is 10.3. The van der Waals surface area contributed by atoms with Gasteiger partial charge in [-0.05, 0) is 44.4 Å². The van der Waals surface area contributed by atoms with Crippen LogP contribution in [0.3, 0.4) is 0 Å². The molecule has 1 aromatic carbocycles. The van der Waals surface area contributed by atoms with Gasteiger partial charge in [0.2, 0.25) is 0 Å². The summed E-state index contributed by atoms with van der Waals surface area (Å²) in [6, 6.07) is 4.38. The summed E-state index contributed by atoms with van der Waals surface area (Å²) in [7, 11) is 0. The van der Waals surface area contributed by atoms with Crippen LogP contribution in [0, 0.1) is 0 Å². The number of fused-ring (bicyclic) bond motifs is 1. The Labute approximate surface area is 111 Å². The molecular formula is C14H18BrNO. The van der Waals surface area contributed by atoms with Crippen LogP contribution in [0.2, 0.25) is 0 Å². The fourth-order valence-electron chi connectivity index (χ4n) is 2.80. The van der Waals surface area contributed by atoms with Crippen molar-refractivity contribution in [1.29, 1.82) is 0 Å². The van der Waals surface area contributed by atoms with Crippen molar-refractivity contribution < 1.29 is 4.74 Å². The highest BCUT2D eigenvalue weighted by Gasteiger charge is 2.47. The first-order chi connectivity index (χ1) is 7.96. The number of hydrogen-bond donors (Lipinski definition) is 1. The van der Waals surface area contributed by atoms with Gasteiger partial charge in [0, 0.05) is 28.4 Å². The quantitative estimate of drug-likeness (QED) is 0.910. The number of ether oxygens (including phenoxy) is 1. The summed E-state index contributed by atoms with van der Waals surface area (Å²) in [5.74, 6) is 1.10. The average Bonchev–Trinajstić information content (AvgIpc) is 2.96. The Hall–Kier alpha value is -0.540. The van der Waals surface area contributed by atoms with E-state index in [9.17, 15) is 0 Å². The maximum absolute atomic E-state index is 6.13. The fraction of sp³-hybridized carbons (Fsp3) is 0.571. The second kappa shape index (κ2) is 3.48. The molecule has 17 heavy (non-hydrogen) atoms. The first-order valence-electron chi connectivity index (χ1n) is 6.18. The largest absolute Gasteiger partial charge is 0.487 e. The summed E-state index contributed by atoms with van der Waals surface area (Å²) in [6.45, 7) is 5.01. The molecule has 2 aliphatic rings. The standard InChI is InChI=1S/C14H18BrNO/c1-13(2)7-9-5-10(15)6-11(12(9)17-13)14(8-16)3-4-14/h5-6H,3-4,7-8,16H2,1-2H3. The average molecular weight is 296 g/mol. The normalized spacial score (nSPS) is 23.1. The van der Waals surface area contributed by atoms with E-state index in [1.807, 2.05) is 0 Å². The number of rotatable bonds is 2. The molecule has 1 saturated carbocycles. The molecule has 0 atom stereocenters. The molecule has 0 saturated heterocycles. The molecule has 1 heterocycles. The van der Waals surface area contributed by atoms with Crippen LogP contribution in [0.1, 0.15) is 37.8 Å². The fourth-order valence-corrected chi connectivity index (χ4v) is 3.31. The van der Waals surface area contributed by atoms with Crippen LogP contribution in [0.15, 0.2) is 16.6 Å². The van der Waals surface area contributed by atoms with Crippen LogP contribution < -0.4 is 10.5 Å². The molecule has 1 aliphatic carbocycles. The number of hydrogen-bond acceptors (Lipinski definition) is 2. The molecule has 92 valence electrons. The lowest BCUT2D eigenvalue weighted by Gasteiger charge is -2.21. The van der Waals surface area contributed by atoms with E-state index in [0.717, 1.165) is 23.2 Å². The Bertz CT molecular complexity index is 477. The van der Waals surface area contributed by atoms with Gasteiger partial charge in [-0.15, -0.1) is 0 Å². The molecule has 1 aromatic rings. The molecule has 0 aromatic heterocycles. The van der Waals surface area contributed by atoms with Gasteiger partial charge in [0.25, 0.3) is 0 Å². The molecule has 0 unspecified atom stereocenters. The van der Waals surface area contributed by atoms with Crippen molar-refractivity contribution in [3.8, 4) is 5.75 Å². The number of halogens is 1. The van der Waals surface area contributed by atoms with Crippen LogP contribution in [0.5, 0.6) is 5.75 Å². The first-order valence-corrected chi connectivity index (χ1v) is 6.97. The monoisotopic (exact) mass is 295 g/mol. The summed E-state index contributed by atoms with van der Waals surface area (Å²) in [4.78, 5) is 0. The van der Waals surface area contributed by atoms with E-state index < -0.39 is 0 Å². The Balaban J connectivity index is 2.12. The molecule has 0 bridgehead atoms. The Morgan fingerprint density at radius 1 is 1.35 bits per heavy atom. The van der Waals surface area contributed by atoms with Gasteiger partial charge in [0.15, 0.2) is 0 Å². The highest BCUT2D eigenvalue weighted by molar-refractivity contribution is 9.10. The molecule has 1 aliphatic heterocycles. The van der Waals surface area contributed by atoms with Crippen LogP contribution >= 0.6 is 15.9 Å². The van der Waals surface area contributed by atoms with Gasteiger partial charge in [0.05, 0.1) is 0 Å². The smallest absolute Gasteiger partial charge is 0.127 e. The van der Waals surface area contributed by atoms with Crippen molar-refractivity contribution in [3.63, 3.8) is 0 Å². The van der Waals surface area contributed by atoms with Crippen LogP contribution in [-0.4, -0.2) is 12.1 Å². The Morgan fingerprint density at radius 2 is 2.06 bits per heavy atom. The zero-order valence-corrected chi connectivity index (χ0v) is 11.9. The van der Waals surface area contributed by atoms with Crippen LogP contribution in [-0.2, 0) is 11.8 Å². The van der Waals surface area contributed by atoms with Crippen molar-refractivity contribution >= 4 is 15.9 Å². The molecule has 0 radical (unpaired) electrons. The van der Waals surface area contributed by atoms with E-state index >= 15 is 0 Å². The van der Waals surface area contributed by atoms with Gasteiger partial charge in [-0.2, -0.15) is 0 Å².